The van der Waals surface area contributed by atoms with Gasteiger partial charge in [0, 0.05) is 36.1 Å². The molecule has 0 bridgehead atoms. The molecule has 0 aliphatic carbocycles. The lowest BCUT2D eigenvalue weighted by Gasteiger charge is -2.27. The molecule has 1 unspecified atom stereocenters. The Morgan fingerprint density at radius 2 is 1.94 bits per heavy atom. The summed E-state index contributed by atoms with van der Waals surface area (Å²) in [7, 11) is 0. The van der Waals surface area contributed by atoms with Gasteiger partial charge < -0.3 is 15.0 Å². The van der Waals surface area contributed by atoms with Gasteiger partial charge in [0.05, 0.1) is 18.4 Å². The quantitative estimate of drug-likeness (QED) is 0.387. The van der Waals surface area contributed by atoms with Crippen LogP contribution in [0.3, 0.4) is 0 Å². The summed E-state index contributed by atoms with van der Waals surface area (Å²) in [4.78, 5) is 15.0. The number of anilines is 2. The van der Waals surface area contributed by atoms with Crippen LogP contribution in [0.5, 0.6) is 0 Å². The predicted octanol–water partition coefficient (Wildman–Crippen LogP) is 5.23. The summed E-state index contributed by atoms with van der Waals surface area (Å²) >= 11 is 1.33. The lowest BCUT2D eigenvalue weighted by molar-refractivity contribution is -0.113. The Bertz CT molecular complexity index is 1110. The Balaban J connectivity index is 1.43. The maximum absolute atomic E-state index is 13.4. The van der Waals surface area contributed by atoms with Gasteiger partial charge in [0.15, 0.2) is 11.0 Å². The van der Waals surface area contributed by atoms with Crippen molar-refractivity contribution >= 4 is 29.0 Å². The van der Waals surface area contributed by atoms with Crippen molar-refractivity contribution in [3.63, 3.8) is 0 Å². The van der Waals surface area contributed by atoms with Gasteiger partial charge in [-0.05, 0) is 82.1 Å². The number of hydrogen-bond acceptors (Lipinski definition) is 6. The van der Waals surface area contributed by atoms with E-state index < -0.39 is 0 Å². The first kappa shape index (κ1) is 25.2. The van der Waals surface area contributed by atoms with Crippen molar-refractivity contribution < 1.29 is 13.9 Å². The fourth-order valence-corrected chi connectivity index (χ4v) is 5.02. The van der Waals surface area contributed by atoms with Crippen LogP contribution >= 0.6 is 11.8 Å². The summed E-state index contributed by atoms with van der Waals surface area (Å²) in [6.07, 6.45) is 2.06. The van der Waals surface area contributed by atoms with Gasteiger partial charge in [-0.2, -0.15) is 0 Å². The number of halogens is 1. The molecule has 0 radical (unpaired) electrons. The largest absolute Gasteiger partial charge is 0.376 e. The van der Waals surface area contributed by atoms with Crippen LogP contribution in [0.1, 0.15) is 33.6 Å². The molecule has 35 heavy (non-hydrogen) atoms. The second-order valence-electron chi connectivity index (χ2n) is 8.82. The highest BCUT2D eigenvalue weighted by Gasteiger charge is 2.22. The summed E-state index contributed by atoms with van der Waals surface area (Å²) < 4.78 is 21.2. The molecule has 1 aromatic heterocycles. The number of hydrogen-bond donors (Lipinski definition) is 1. The third-order valence-electron chi connectivity index (χ3n) is 6.01. The van der Waals surface area contributed by atoms with Crippen LogP contribution in [0.25, 0.3) is 11.4 Å². The molecule has 3 aromatic rings. The Morgan fingerprint density at radius 3 is 2.57 bits per heavy atom. The monoisotopic (exact) mass is 497 g/mol. The third-order valence-corrected chi connectivity index (χ3v) is 6.98. The zero-order chi connectivity index (χ0) is 24.8. The number of carbonyl (C=O) groups is 1. The fraction of sp³-hybridized carbons (Fsp3) is 0.423. The van der Waals surface area contributed by atoms with Crippen molar-refractivity contribution in [2.45, 2.75) is 57.5 Å². The van der Waals surface area contributed by atoms with Crippen LogP contribution in [-0.2, 0) is 16.1 Å². The zero-order valence-corrected chi connectivity index (χ0v) is 21.2. The molecular formula is C26H32FN5O2S. The maximum Gasteiger partial charge on any atom is 0.234 e. The number of amides is 1. The van der Waals surface area contributed by atoms with Gasteiger partial charge >= 0.3 is 0 Å². The van der Waals surface area contributed by atoms with Crippen molar-refractivity contribution in [3.05, 3.63) is 54.3 Å². The van der Waals surface area contributed by atoms with E-state index in [0.717, 1.165) is 42.9 Å². The number of aromatic nitrogens is 3. The van der Waals surface area contributed by atoms with E-state index in [4.69, 9.17) is 4.74 Å². The van der Waals surface area contributed by atoms with E-state index in [1.807, 2.05) is 28.8 Å². The van der Waals surface area contributed by atoms with E-state index in [-0.39, 0.29) is 23.6 Å². The fourth-order valence-electron chi connectivity index (χ4n) is 4.27. The van der Waals surface area contributed by atoms with Crippen LogP contribution in [0.15, 0.2) is 53.7 Å². The molecule has 1 atom stereocenters. The van der Waals surface area contributed by atoms with Crippen LogP contribution in [0.4, 0.5) is 15.8 Å². The number of thioether (sulfide) groups is 1. The van der Waals surface area contributed by atoms with E-state index in [0.29, 0.717) is 23.6 Å². The molecule has 7 nitrogen and oxygen atoms in total. The second-order valence-corrected chi connectivity index (χ2v) is 9.76. The molecule has 9 heteroatoms. The molecule has 2 heterocycles. The highest BCUT2D eigenvalue weighted by Crippen LogP contribution is 2.27. The first-order valence-electron chi connectivity index (χ1n) is 12.0. The molecule has 1 amide bonds. The molecule has 2 aromatic carbocycles. The molecule has 1 aliphatic heterocycles. The summed E-state index contributed by atoms with van der Waals surface area (Å²) in [5.74, 6) is 0.422. The molecule has 0 spiro atoms. The first-order valence-corrected chi connectivity index (χ1v) is 13.0. The Labute approximate surface area is 210 Å². The van der Waals surface area contributed by atoms with Crippen molar-refractivity contribution in [1.29, 1.82) is 0 Å². The van der Waals surface area contributed by atoms with Crippen LogP contribution < -0.4 is 10.2 Å². The van der Waals surface area contributed by atoms with Gasteiger partial charge in [-0.1, -0.05) is 11.8 Å². The molecule has 1 fully saturated rings. The minimum Gasteiger partial charge on any atom is -0.376 e. The minimum absolute atomic E-state index is 0.0745. The van der Waals surface area contributed by atoms with Gasteiger partial charge in [-0.25, -0.2) is 4.39 Å². The Hall–Kier alpha value is -2.91. The van der Waals surface area contributed by atoms with Gasteiger partial charge in [-0.15, -0.1) is 10.2 Å². The van der Waals surface area contributed by atoms with E-state index in [1.165, 1.54) is 23.9 Å². The third kappa shape index (κ3) is 6.41. The van der Waals surface area contributed by atoms with Crippen molar-refractivity contribution in [2.24, 2.45) is 0 Å². The molecular weight excluding hydrogens is 465 g/mol. The smallest absolute Gasteiger partial charge is 0.234 e. The van der Waals surface area contributed by atoms with E-state index >= 15 is 0 Å². The van der Waals surface area contributed by atoms with E-state index in [1.54, 1.807) is 12.1 Å². The SMILES string of the molecule is CCN(c1ccc(NC(=O)CSc2nnc(-c3ccc(F)cc3)n2CC2CCCO2)cc1)C(C)C. The normalized spacial score (nSPS) is 15.5. The summed E-state index contributed by atoms with van der Waals surface area (Å²) in [6, 6.07) is 14.5. The number of nitrogens with zero attached hydrogens (tertiary/aromatic N) is 4. The molecule has 1 aliphatic rings. The molecule has 1 saturated heterocycles. The molecule has 1 N–H and O–H groups in total. The standard InChI is InChI=1S/C26H32FN5O2S/c1-4-31(18(2)3)22-13-11-21(12-14-22)28-24(33)17-35-26-30-29-25(19-7-9-20(27)10-8-19)32(26)16-23-6-5-15-34-23/h7-14,18,23H,4-6,15-17H2,1-3H3,(H,28,33). The van der Waals surface area contributed by atoms with Crippen molar-refractivity contribution in [3.8, 4) is 11.4 Å². The van der Waals surface area contributed by atoms with Crippen LogP contribution in [0.2, 0.25) is 0 Å². The molecule has 4 rings (SSSR count). The lowest BCUT2D eigenvalue weighted by atomic mass is 10.2. The lowest BCUT2D eigenvalue weighted by Crippen LogP contribution is -2.30. The molecule has 186 valence electrons. The van der Waals surface area contributed by atoms with E-state index in [2.05, 4.69) is 41.2 Å². The molecule has 0 saturated carbocycles. The maximum atomic E-state index is 13.4. The minimum atomic E-state index is -0.301. The summed E-state index contributed by atoms with van der Waals surface area (Å²) in [5.41, 5.74) is 2.66. The van der Waals surface area contributed by atoms with Crippen LogP contribution in [0, 0.1) is 5.82 Å². The predicted molar refractivity (Wildman–Crippen MR) is 138 cm³/mol. The number of ether oxygens (including phenoxy) is 1. The first-order chi connectivity index (χ1) is 16.9. The second kappa shape index (κ2) is 11.7. The number of rotatable bonds is 10. The summed E-state index contributed by atoms with van der Waals surface area (Å²) in [5, 5.41) is 12.3. The van der Waals surface area contributed by atoms with Gasteiger partial charge in [0.25, 0.3) is 0 Å². The van der Waals surface area contributed by atoms with E-state index in [9.17, 15) is 9.18 Å². The Kier molecular flexibility index (Phi) is 8.41. The average molecular weight is 498 g/mol. The number of nitrogens with one attached hydrogen (secondary N) is 1. The Morgan fingerprint density at radius 1 is 1.20 bits per heavy atom. The summed E-state index contributed by atoms with van der Waals surface area (Å²) in [6.45, 7) is 8.72. The number of carbonyl (C=O) groups excluding carboxylic acids is 1. The topological polar surface area (TPSA) is 72.3 Å². The average Bonchev–Trinajstić information content (AvgIpc) is 3.50. The van der Waals surface area contributed by atoms with Gasteiger partial charge in [0.1, 0.15) is 5.82 Å². The van der Waals surface area contributed by atoms with Crippen molar-refractivity contribution in [2.75, 3.05) is 29.1 Å². The number of benzene rings is 2. The zero-order valence-electron chi connectivity index (χ0n) is 20.4. The van der Waals surface area contributed by atoms with Crippen LogP contribution in [-0.4, -0.2) is 51.7 Å². The van der Waals surface area contributed by atoms with Gasteiger partial charge in [0.2, 0.25) is 5.91 Å². The van der Waals surface area contributed by atoms with Gasteiger partial charge in [-0.3, -0.25) is 9.36 Å². The van der Waals surface area contributed by atoms with Crippen molar-refractivity contribution in [1.82, 2.24) is 14.8 Å². The highest BCUT2D eigenvalue weighted by molar-refractivity contribution is 7.99. The highest BCUT2D eigenvalue weighted by atomic mass is 32.2.